The highest BCUT2D eigenvalue weighted by atomic mass is 32.1. The second kappa shape index (κ2) is 17.7. The Bertz CT molecular complexity index is 1620. The molecule has 0 unspecified atom stereocenters. The SMILES string of the molecule is O=C(NCCN1CCCCC1)c1csc(CN(CCC(c2ccccc2)c2ccccc2)Cc2ccc(OCc3ccccc3)cc2)n1. The number of nitrogens with zero attached hydrogens (tertiary/aromatic N) is 3. The van der Waals surface area contributed by atoms with E-state index in [1.807, 2.05) is 23.6 Å². The number of piperidine rings is 1. The summed E-state index contributed by atoms with van der Waals surface area (Å²) in [6.07, 6.45) is 4.78. The predicted molar refractivity (Wildman–Crippen MR) is 195 cm³/mol. The van der Waals surface area contributed by atoms with Gasteiger partial charge in [-0.3, -0.25) is 9.69 Å². The number of rotatable bonds is 16. The molecular formula is C41H46N4O2S. The molecule has 4 aromatic carbocycles. The smallest absolute Gasteiger partial charge is 0.270 e. The molecular weight excluding hydrogens is 613 g/mol. The molecule has 0 spiro atoms. The van der Waals surface area contributed by atoms with Crippen LogP contribution in [0.3, 0.4) is 0 Å². The van der Waals surface area contributed by atoms with Crippen molar-refractivity contribution in [3.05, 3.63) is 154 Å². The lowest BCUT2D eigenvalue weighted by Gasteiger charge is -2.26. The van der Waals surface area contributed by atoms with Crippen LogP contribution >= 0.6 is 11.3 Å². The molecule has 1 fully saturated rings. The minimum absolute atomic E-state index is 0.0830. The maximum Gasteiger partial charge on any atom is 0.270 e. The molecule has 248 valence electrons. The highest BCUT2D eigenvalue weighted by Crippen LogP contribution is 2.29. The van der Waals surface area contributed by atoms with Gasteiger partial charge in [0.2, 0.25) is 0 Å². The summed E-state index contributed by atoms with van der Waals surface area (Å²) in [6, 6.07) is 40.2. The van der Waals surface area contributed by atoms with Crippen LogP contribution in [0.5, 0.6) is 5.75 Å². The summed E-state index contributed by atoms with van der Waals surface area (Å²) in [6.45, 7) is 6.68. The maximum absolute atomic E-state index is 13.0. The van der Waals surface area contributed by atoms with Gasteiger partial charge in [0.25, 0.3) is 5.91 Å². The Morgan fingerprint density at radius 2 is 1.44 bits per heavy atom. The largest absolute Gasteiger partial charge is 0.489 e. The van der Waals surface area contributed by atoms with Crippen LogP contribution in [0.15, 0.2) is 121 Å². The van der Waals surface area contributed by atoms with Gasteiger partial charge in [0.15, 0.2) is 0 Å². The number of benzene rings is 4. The molecule has 1 amide bonds. The Morgan fingerprint density at radius 1 is 0.792 bits per heavy atom. The lowest BCUT2D eigenvalue weighted by Crippen LogP contribution is -2.37. The first-order valence-electron chi connectivity index (χ1n) is 17.2. The standard InChI is InChI=1S/C41H46N4O2S/c46-41(42-24-28-44-25-11-4-12-26-44)39-32-48-40(43-39)30-45(27-23-38(35-15-7-2-8-16-35)36-17-9-3-10-18-36)29-33-19-21-37(22-20-33)47-31-34-13-5-1-6-14-34/h1-3,5-10,13-22,32,38H,4,11-12,23-31H2,(H,42,46). The molecule has 5 aromatic rings. The summed E-state index contributed by atoms with van der Waals surface area (Å²) in [4.78, 5) is 22.7. The van der Waals surface area contributed by atoms with Crippen LogP contribution in [-0.4, -0.2) is 53.4 Å². The number of hydrogen-bond donors (Lipinski definition) is 1. The second-order valence-corrected chi connectivity index (χ2v) is 13.5. The van der Waals surface area contributed by atoms with E-state index in [1.165, 1.54) is 36.0 Å². The van der Waals surface area contributed by atoms with E-state index in [-0.39, 0.29) is 11.8 Å². The van der Waals surface area contributed by atoms with Gasteiger partial charge in [-0.15, -0.1) is 11.3 Å². The molecule has 1 aliphatic rings. The van der Waals surface area contributed by atoms with Gasteiger partial charge in [-0.2, -0.15) is 0 Å². The third-order valence-corrected chi connectivity index (χ3v) is 9.85. The molecule has 1 aliphatic heterocycles. The lowest BCUT2D eigenvalue weighted by molar-refractivity contribution is 0.0942. The van der Waals surface area contributed by atoms with E-state index in [2.05, 4.69) is 112 Å². The molecule has 2 heterocycles. The van der Waals surface area contributed by atoms with Crippen molar-refractivity contribution in [2.45, 2.75) is 51.3 Å². The van der Waals surface area contributed by atoms with E-state index in [0.29, 0.717) is 25.4 Å². The fraction of sp³-hybridized carbons (Fsp3) is 0.317. The van der Waals surface area contributed by atoms with Crippen LogP contribution < -0.4 is 10.1 Å². The highest BCUT2D eigenvalue weighted by molar-refractivity contribution is 7.09. The Balaban J connectivity index is 1.12. The summed E-state index contributed by atoms with van der Waals surface area (Å²) < 4.78 is 6.05. The fourth-order valence-corrected chi connectivity index (χ4v) is 7.21. The van der Waals surface area contributed by atoms with Crippen LogP contribution in [0.4, 0.5) is 0 Å². The highest BCUT2D eigenvalue weighted by Gasteiger charge is 2.19. The molecule has 1 saturated heterocycles. The number of likely N-dealkylation sites (tertiary alicyclic amines) is 1. The predicted octanol–water partition coefficient (Wildman–Crippen LogP) is 8.16. The molecule has 1 aromatic heterocycles. The minimum atomic E-state index is -0.0830. The molecule has 7 heteroatoms. The number of hydrogen-bond acceptors (Lipinski definition) is 6. The van der Waals surface area contributed by atoms with Gasteiger partial charge in [-0.25, -0.2) is 4.98 Å². The number of aromatic nitrogens is 1. The molecule has 6 rings (SSSR count). The zero-order chi connectivity index (χ0) is 32.8. The summed E-state index contributed by atoms with van der Waals surface area (Å²) >= 11 is 1.57. The van der Waals surface area contributed by atoms with E-state index >= 15 is 0 Å². The van der Waals surface area contributed by atoms with E-state index < -0.39 is 0 Å². The van der Waals surface area contributed by atoms with Gasteiger partial charge >= 0.3 is 0 Å². The summed E-state index contributed by atoms with van der Waals surface area (Å²) in [5.41, 5.74) is 5.52. The average Bonchev–Trinajstić information content (AvgIpc) is 3.62. The van der Waals surface area contributed by atoms with Crippen LogP contribution in [0.25, 0.3) is 0 Å². The number of thiazole rings is 1. The fourth-order valence-electron chi connectivity index (χ4n) is 6.39. The van der Waals surface area contributed by atoms with Gasteiger partial charge in [0.05, 0.1) is 6.54 Å². The van der Waals surface area contributed by atoms with Gasteiger partial charge in [-0.1, -0.05) is 110 Å². The van der Waals surface area contributed by atoms with E-state index in [9.17, 15) is 4.79 Å². The molecule has 48 heavy (non-hydrogen) atoms. The maximum atomic E-state index is 13.0. The van der Waals surface area contributed by atoms with Crippen molar-refractivity contribution in [3.8, 4) is 5.75 Å². The summed E-state index contributed by atoms with van der Waals surface area (Å²) in [7, 11) is 0. The average molecular weight is 659 g/mol. The third kappa shape index (κ3) is 10.1. The Labute approximate surface area is 289 Å². The zero-order valence-corrected chi connectivity index (χ0v) is 28.5. The quantitative estimate of drug-likeness (QED) is 0.116. The Hall–Kier alpha value is -4.30. The van der Waals surface area contributed by atoms with Gasteiger partial charge in [-0.05, 0) is 73.3 Å². The van der Waals surface area contributed by atoms with Crippen molar-refractivity contribution in [2.75, 3.05) is 32.7 Å². The molecule has 6 nitrogen and oxygen atoms in total. The number of amides is 1. The number of nitrogens with one attached hydrogen (secondary N) is 1. The first-order chi connectivity index (χ1) is 23.7. The summed E-state index contributed by atoms with van der Waals surface area (Å²) in [5.74, 6) is 1.06. The number of carbonyl (C=O) groups is 1. The summed E-state index contributed by atoms with van der Waals surface area (Å²) in [5, 5.41) is 5.95. The van der Waals surface area contributed by atoms with Crippen molar-refractivity contribution in [2.24, 2.45) is 0 Å². The van der Waals surface area contributed by atoms with Crippen LogP contribution in [0.1, 0.15) is 69.4 Å². The van der Waals surface area contributed by atoms with Crippen LogP contribution in [0, 0.1) is 0 Å². The monoisotopic (exact) mass is 658 g/mol. The zero-order valence-electron chi connectivity index (χ0n) is 27.7. The number of ether oxygens (including phenoxy) is 1. The molecule has 0 saturated carbocycles. The second-order valence-electron chi connectivity index (χ2n) is 12.6. The van der Waals surface area contributed by atoms with Crippen LogP contribution in [0.2, 0.25) is 0 Å². The molecule has 0 bridgehead atoms. The first kappa shape index (κ1) is 33.6. The van der Waals surface area contributed by atoms with Gasteiger partial charge in [0.1, 0.15) is 23.1 Å². The van der Waals surface area contributed by atoms with E-state index in [0.717, 1.165) is 55.5 Å². The normalized spacial score (nSPS) is 13.5. The molecule has 0 aliphatic carbocycles. The molecule has 0 radical (unpaired) electrons. The van der Waals surface area contributed by atoms with Crippen molar-refractivity contribution in [1.82, 2.24) is 20.1 Å². The van der Waals surface area contributed by atoms with Gasteiger partial charge < -0.3 is 15.0 Å². The van der Waals surface area contributed by atoms with Crippen molar-refractivity contribution < 1.29 is 9.53 Å². The lowest BCUT2D eigenvalue weighted by atomic mass is 9.88. The Morgan fingerprint density at radius 3 is 2.10 bits per heavy atom. The van der Waals surface area contributed by atoms with E-state index in [1.54, 1.807) is 11.3 Å². The third-order valence-electron chi connectivity index (χ3n) is 9.02. The molecule has 1 N–H and O–H groups in total. The van der Waals surface area contributed by atoms with Gasteiger partial charge in [0, 0.05) is 30.9 Å². The van der Waals surface area contributed by atoms with Crippen molar-refractivity contribution in [1.29, 1.82) is 0 Å². The van der Waals surface area contributed by atoms with Crippen LogP contribution in [-0.2, 0) is 19.7 Å². The van der Waals surface area contributed by atoms with E-state index in [4.69, 9.17) is 9.72 Å². The Kier molecular flexibility index (Phi) is 12.4. The molecule has 0 atom stereocenters. The van der Waals surface area contributed by atoms with Crippen molar-refractivity contribution >= 4 is 17.2 Å². The first-order valence-corrected chi connectivity index (χ1v) is 18.1. The number of carbonyl (C=O) groups excluding carboxylic acids is 1. The topological polar surface area (TPSA) is 57.7 Å². The minimum Gasteiger partial charge on any atom is -0.489 e. The van der Waals surface area contributed by atoms with Crippen molar-refractivity contribution in [3.63, 3.8) is 0 Å².